The predicted molar refractivity (Wildman–Crippen MR) is 63.9 cm³/mol. The average Bonchev–Trinajstić information content (AvgIpc) is 2.41. The molecule has 0 radical (unpaired) electrons. The van der Waals surface area contributed by atoms with Crippen LogP contribution in [0.3, 0.4) is 0 Å². The van der Waals surface area contributed by atoms with Crippen molar-refractivity contribution in [1.29, 1.82) is 0 Å². The molecule has 0 aliphatic heterocycles. The number of hydrogen-bond donors (Lipinski definition) is 2. The Hall–Kier alpha value is -2.57. The Morgan fingerprint density at radius 2 is 1.95 bits per heavy atom. The number of nitrogens with one attached hydrogen (secondary N) is 1. The van der Waals surface area contributed by atoms with E-state index in [-0.39, 0.29) is 22.9 Å². The number of benzene rings is 1. The standard InChI is InChI=1S/C12H9F2N3O2/c1-15-10-5-9(12(18)19)16-11(17-10)6-2-3-7(13)8(14)4-6/h2-5H,1H3,(H,18,19)(H,15,16,17). The summed E-state index contributed by atoms with van der Waals surface area (Å²) in [6.07, 6.45) is 0. The Morgan fingerprint density at radius 3 is 2.53 bits per heavy atom. The highest BCUT2D eigenvalue weighted by Crippen LogP contribution is 2.20. The van der Waals surface area contributed by atoms with E-state index in [1.807, 2.05) is 0 Å². The van der Waals surface area contributed by atoms with Crippen molar-refractivity contribution in [3.63, 3.8) is 0 Å². The van der Waals surface area contributed by atoms with E-state index in [2.05, 4.69) is 15.3 Å². The van der Waals surface area contributed by atoms with Gasteiger partial charge in [-0.1, -0.05) is 0 Å². The van der Waals surface area contributed by atoms with E-state index in [1.54, 1.807) is 7.05 Å². The fourth-order valence-corrected chi connectivity index (χ4v) is 1.45. The molecule has 0 aliphatic rings. The van der Waals surface area contributed by atoms with Crippen LogP contribution in [0.5, 0.6) is 0 Å². The maximum atomic E-state index is 13.1. The average molecular weight is 265 g/mol. The lowest BCUT2D eigenvalue weighted by molar-refractivity contribution is 0.0690. The van der Waals surface area contributed by atoms with E-state index in [9.17, 15) is 13.6 Å². The molecule has 0 saturated heterocycles. The zero-order valence-corrected chi connectivity index (χ0v) is 9.82. The first-order valence-corrected chi connectivity index (χ1v) is 5.27. The van der Waals surface area contributed by atoms with Gasteiger partial charge in [0.1, 0.15) is 5.82 Å². The minimum atomic E-state index is -1.23. The summed E-state index contributed by atoms with van der Waals surface area (Å²) in [5, 5.41) is 11.6. The minimum absolute atomic E-state index is 0.00292. The first-order chi connectivity index (χ1) is 9.01. The normalized spacial score (nSPS) is 10.3. The van der Waals surface area contributed by atoms with Gasteiger partial charge in [-0.05, 0) is 18.2 Å². The van der Waals surface area contributed by atoms with Crippen LogP contribution in [0.4, 0.5) is 14.6 Å². The third-order valence-electron chi connectivity index (χ3n) is 2.38. The van der Waals surface area contributed by atoms with E-state index >= 15 is 0 Å². The molecule has 0 aliphatic carbocycles. The fourth-order valence-electron chi connectivity index (χ4n) is 1.45. The quantitative estimate of drug-likeness (QED) is 0.889. The molecule has 5 nitrogen and oxygen atoms in total. The molecule has 1 aromatic carbocycles. The van der Waals surface area contributed by atoms with Crippen molar-refractivity contribution in [3.05, 3.63) is 41.6 Å². The lowest BCUT2D eigenvalue weighted by atomic mass is 10.2. The maximum Gasteiger partial charge on any atom is 0.354 e. The zero-order chi connectivity index (χ0) is 14.0. The molecular formula is C12H9F2N3O2. The summed E-state index contributed by atoms with van der Waals surface area (Å²) in [6.45, 7) is 0. The molecule has 0 fully saturated rings. The van der Waals surface area contributed by atoms with Gasteiger partial charge in [-0.3, -0.25) is 0 Å². The Balaban J connectivity index is 2.57. The second-order valence-corrected chi connectivity index (χ2v) is 3.65. The van der Waals surface area contributed by atoms with Crippen molar-refractivity contribution in [2.45, 2.75) is 0 Å². The van der Waals surface area contributed by atoms with Crippen LogP contribution in [0, 0.1) is 11.6 Å². The topological polar surface area (TPSA) is 75.1 Å². The Bertz CT molecular complexity index is 647. The highest BCUT2D eigenvalue weighted by Gasteiger charge is 2.12. The SMILES string of the molecule is CNc1cc(C(=O)O)nc(-c2ccc(F)c(F)c2)n1. The third kappa shape index (κ3) is 2.65. The van der Waals surface area contributed by atoms with Crippen LogP contribution in [0.1, 0.15) is 10.5 Å². The van der Waals surface area contributed by atoms with Crippen LogP contribution in [-0.2, 0) is 0 Å². The smallest absolute Gasteiger partial charge is 0.354 e. The molecule has 19 heavy (non-hydrogen) atoms. The molecule has 2 N–H and O–H groups in total. The molecular weight excluding hydrogens is 256 g/mol. The van der Waals surface area contributed by atoms with Crippen molar-refractivity contribution in [3.8, 4) is 11.4 Å². The molecule has 0 saturated carbocycles. The van der Waals surface area contributed by atoms with Gasteiger partial charge in [0.25, 0.3) is 0 Å². The first-order valence-electron chi connectivity index (χ1n) is 5.27. The minimum Gasteiger partial charge on any atom is -0.477 e. The molecule has 1 heterocycles. The summed E-state index contributed by atoms with van der Waals surface area (Å²) in [6, 6.07) is 4.36. The Labute approximate surface area is 106 Å². The zero-order valence-electron chi connectivity index (χ0n) is 9.82. The van der Waals surface area contributed by atoms with Gasteiger partial charge >= 0.3 is 5.97 Å². The van der Waals surface area contributed by atoms with Gasteiger partial charge in [-0.15, -0.1) is 0 Å². The molecule has 2 aromatic rings. The number of aromatic nitrogens is 2. The summed E-state index contributed by atoms with van der Waals surface area (Å²) in [4.78, 5) is 18.7. The lowest BCUT2D eigenvalue weighted by Gasteiger charge is -2.06. The molecule has 0 atom stereocenters. The van der Waals surface area contributed by atoms with Gasteiger partial charge in [-0.2, -0.15) is 0 Å². The molecule has 1 aromatic heterocycles. The first kappa shape index (κ1) is 12.9. The molecule has 98 valence electrons. The van der Waals surface area contributed by atoms with Crippen molar-refractivity contribution in [2.75, 3.05) is 12.4 Å². The largest absolute Gasteiger partial charge is 0.477 e. The highest BCUT2D eigenvalue weighted by atomic mass is 19.2. The molecule has 2 rings (SSSR count). The van der Waals surface area contributed by atoms with Crippen LogP contribution in [0.25, 0.3) is 11.4 Å². The number of nitrogens with zero attached hydrogens (tertiary/aromatic N) is 2. The molecule has 0 bridgehead atoms. The molecule has 7 heteroatoms. The number of anilines is 1. The van der Waals surface area contributed by atoms with E-state index < -0.39 is 17.6 Å². The van der Waals surface area contributed by atoms with Gasteiger partial charge in [0.05, 0.1) is 0 Å². The summed E-state index contributed by atoms with van der Waals surface area (Å²) in [5.41, 5.74) is -0.0439. The third-order valence-corrected chi connectivity index (χ3v) is 2.38. The Morgan fingerprint density at radius 1 is 1.21 bits per heavy atom. The van der Waals surface area contributed by atoms with Crippen LogP contribution in [0.2, 0.25) is 0 Å². The molecule has 0 unspecified atom stereocenters. The van der Waals surface area contributed by atoms with Crippen LogP contribution < -0.4 is 5.32 Å². The van der Waals surface area contributed by atoms with Gasteiger partial charge in [0.2, 0.25) is 0 Å². The number of rotatable bonds is 3. The van der Waals surface area contributed by atoms with Crippen LogP contribution >= 0.6 is 0 Å². The molecule has 0 spiro atoms. The number of carbonyl (C=O) groups is 1. The number of aromatic carboxylic acids is 1. The van der Waals surface area contributed by atoms with Gasteiger partial charge in [0.15, 0.2) is 23.2 Å². The summed E-state index contributed by atoms with van der Waals surface area (Å²) >= 11 is 0. The number of halogens is 2. The monoisotopic (exact) mass is 265 g/mol. The van der Waals surface area contributed by atoms with E-state index in [1.165, 1.54) is 12.1 Å². The van der Waals surface area contributed by atoms with Crippen molar-refractivity contribution >= 4 is 11.8 Å². The lowest BCUT2D eigenvalue weighted by Crippen LogP contribution is -2.06. The highest BCUT2D eigenvalue weighted by molar-refractivity contribution is 5.86. The van der Waals surface area contributed by atoms with Crippen LogP contribution in [-0.4, -0.2) is 28.1 Å². The van der Waals surface area contributed by atoms with Crippen molar-refractivity contribution in [2.24, 2.45) is 0 Å². The number of carboxylic acid groups (broad SMARTS) is 1. The predicted octanol–water partition coefficient (Wildman–Crippen LogP) is 2.16. The Kier molecular flexibility index (Phi) is 3.37. The summed E-state index contributed by atoms with van der Waals surface area (Å²) < 4.78 is 26.0. The summed E-state index contributed by atoms with van der Waals surface area (Å²) in [5.74, 6) is -3.00. The van der Waals surface area contributed by atoms with Gasteiger partial charge in [0, 0.05) is 18.7 Å². The second-order valence-electron chi connectivity index (χ2n) is 3.65. The molecule has 0 amide bonds. The van der Waals surface area contributed by atoms with Crippen molar-refractivity contribution in [1.82, 2.24) is 9.97 Å². The van der Waals surface area contributed by atoms with Gasteiger partial charge < -0.3 is 10.4 Å². The van der Waals surface area contributed by atoms with E-state index in [0.29, 0.717) is 0 Å². The summed E-state index contributed by atoms with van der Waals surface area (Å²) in [7, 11) is 1.56. The van der Waals surface area contributed by atoms with E-state index in [0.717, 1.165) is 12.1 Å². The van der Waals surface area contributed by atoms with E-state index in [4.69, 9.17) is 5.11 Å². The number of hydrogen-bond acceptors (Lipinski definition) is 4. The maximum absolute atomic E-state index is 13.1. The fraction of sp³-hybridized carbons (Fsp3) is 0.0833. The number of carboxylic acids is 1. The second kappa shape index (κ2) is 4.97. The van der Waals surface area contributed by atoms with Crippen molar-refractivity contribution < 1.29 is 18.7 Å². The van der Waals surface area contributed by atoms with Gasteiger partial charge in [-0.25, -0.2) is 23.5 Å². The van der Waals surface area contributed by atoms with Crippen LogP contribution in [0.15, 0.2) is 24.3 Å².